The van der Waals surface area contributed by atoms with E-state index < -0.39 is 22.0 Å². The molecule has 2 amide bonds. The van der Waals surface area contributed by atoms with Crippen LogP contribution < -0.4 is 15.4 Å². The first-order valence-electron chi connectivity index (χ1n) is 8.76. The number of benzene rings is 1. The minimum atomic E-state index is -3.94. The second-order valence-corrected chi connectivity index (χ2v) is 8.00. The Hall–Kier alpha value is -3.64. The van der Waals surface area contributed by atoms with Gasteiger partial charge >= 0.3 is 0 Å². The molecular weight excluding hydrogens is 410 g/mol. The van der Waals surface area contributed by atoms with Gasteiger partial charge in [-0.3, -0.25) is 9.59 Å². The molecular formula is C18H19N7O4S. The quantitative estimate of drug-likeness (QED) is 0.506. The minimum absolute atomic E-state index is 0.0323. The fraction of sp³-hybridized carbons (Fsp3) is 0.167. The van der Waals surface area contributed by atoms with Crippen LogP contribution in [0, 0.1) is 0 Å². The Bertz CT molecular complexity index is 1130. The first-order chi connectivity index (χ1) is 14.2. The van der Waals surface area contributed by atoms with Crippen molar-refractivity contribution < 1.29 is 18.0 Å². The maximum atomic E-state index is 12.5. The summed E-state index contributed by atoms with van der Waals surface area (Å²) in [6.45, 7) is 2.78. The molecule has 0 bridgehead atoms. The molecule has 11 nitrogen and oxygen atoms in total. The second-order valence-electron chi connectivity index (χ2n) is 6.28. The van der Waals surface area contributed by atoms with Gasteiger partial charge in [0.2, 0.25) is 21.8 Å². The van der Waals surface area contributed by atoms with E-state index in [1.54, 1.807) is 12.1 Å². The number of rotatable bonds is 7. The number of hydrogen-bond donors (Lipinski definition) is 3. The van der Waals surface area contributed by atoms with E-state index in [0.717, 1.165) is 0 Å². The summed E-state index contributed by atoms with van der Waals surface area (Å²) in [5.74, 6) is -0.302. The first-order valence-corrected chi connectivity index (χ1v) is 10.2. The lowest BCUT2D eigenvalue weighted by Crippen LogP contribution is -2.41. The van der Waals surface area contributed by atoms with Crippen molar-refractivity contribution in [3.05, 3.63) is 55.2 Å². The zero-order valence-corrected chi connectivity index (χ0v) is 16.9. The summed E-state index contributed by atoms with van der Waals surface area (Å²) in [6.07, 6.45) is 4.29. The Morgan fingerprint density at radius 2 is 1.73 bits per heavy atom. The molecule has 1 atom stereocenters. The van der Waals surface area contributed by atoms with Gasteiger partial charge in [0.05, 0.1) is 22.8 Å². The van der Waals surface area contributed by atoms with Gasteiger partial charge in [-0.25, -0.2) is 23.1 Å². The summed E-state index contributed by atoms with van der Waals surface area (Å²) < 4.78 is 28.8. The van der Waals surface area contributed by atoms with E-state index >= 15 is 0 Å². The number of aromatic nitrogens is 4. The van der Waals surface area contributed by atoms with E-state index in [1.165, 1.54) is 61.6 Å². The van der Waals surface area contributed by atoms with Crippen LogP contribution in [0.25, 0.3) is 5.82 Å². The smallest absolute Gasteiger partial charge is 0.242 e. The first kappa shape index (κ1) is 21.1. The number of carbonyl (C=O) groups is 2. The second kappa shape index (κ2) is 8.80. The van der Waals surface area contributed by atoms with Crippen molar-refractivity contribution in [2.24, 2.45) is 0 Å². The Morgan fingerprint density at radius 1 is 1.03 bits per heavy atom. The van der Waals surface area contributed by atoms with Crippen molar-refractivity contribution in [3.63, 3.8) is 0 Å². The number of anilines is 2. The fourth-order valence-electron chi connectivity index (χ4n) is 2.45. The molecule has 3 rings (SSSR count). The normalized spacial score (nSPS) is 12.2. The Labute approximate surface area is 172 Å². The zero-order valence-electron chi connectivity index (χ0n) is 16.1. The molecule has 0 spiro atoms. The van der Waals surface area contributed by atoms with Crippen LogP contribution in [0.4, 0.5) is 11.4 Å². The topological polar surface area (TPSA) is 148 Å². The van der Waals surface area contributed by atoms with Gasteiger partial charge in [-0.05, 0) is 43.3 Å². The average Bonchev–Trinajstić information content (AvgIpc) is 3.23. The minimum Gasteiger partial charge on any atom is -0.326 e. The number of carbonyl (C=O) groups excluding carboxylic acids is 2. The Morgan fingerprint density at radius 3 is 2.30 bits per heavy atom. The monoisotopic (exact) mass is 429 g/mol. The molecule has 156 valence electrons. The summed E-state index contributed by atoms with van der Waals surface area (Å²) in [6, 6.07) is 7.81. The van der Waals surface area contributed by atoms with Gasteiger partial charge in [-0.15, -0.1) is 0 Å². The van der Waals surface area contributed by atoms with Crippen LogP contribution in [0.1, 0.15) is 13.8 Å². The molecule has 3 N–H and O–H groups in total. The lowest BCUT2D eigenvalue weighted by Gasteiger charge is -2.15. The number of nitrogens with zero attached hydrogens (tertiary/aromatic N) is 4. The van der Waals surface area contributed by atoms with E-state index in [1.807, 2.05) is 0 Å². The summed E-state index contributed by atoms with van der Waals surface area (Å²) in [5.41, 5.74) is 0.864. The van der Waals surface area contributed by atoms with E-state index in [9.17, 15) is 18.0 Å². The predicted molar refractivity (Wildman–Crippen MR) is 108 cm³/mol. The SMILES string of the molecule is CC(=O)Nc1ccc(S(=O)(=O)N[C@@H](C)C(=O)Nc2ccc(-n3cncn3)nc2)cc1. The lowest BCUT2D eigenvalue weighted by atomic mass is 10.3. The van der Waals surface area contributed by atoms with E-state index in [0.29, 0.717) is 17.2 Å². The van der Waals surface area contributed by atoms with Gasteiger partial charge in [-0.1, -0.05) is 0 Å². The molecule has 0 saturated heterocycles. The van der Waals surface area contributed by atoms with Gasteiger partial charge in [0.15, 0.2) is 5.82 Å². The number of hydrogen-bond acceptors (Lipinski definition) is 7. The number of amides is 2. The number of sulfonamides is 1. The molecule has 30 heavy (non-hydrogen) atoms. The number of nitrogens with one attached hydrogen (secondary N) is 3. The molecule has 0 saturated carbocycles. The molecule has 12 heteroatoms. The molecule has 0 aliphatic carbocycles. The Kier molecular flexibility index (Phi) is 6.18. The molecule has 3 aromatic rings. The van der Waals surface area contributed by atoms with Crippen molar-refractivity contribution in [2.45, 2.75) is 24.8 Å². The van der Waals surface area contributed by atoms with Crippen LogP contribution in [-0.2, 0) is 19.6 Å². The standard InChI is InChI=1S/C18H19N7O4S/c1-12(24-30(28,29)16-6-3-14(4-7-16)22-13(2)26)18(27)23-15-5-8-17(20-9-15)25-11-19-10-21-25/h3-12,24H,1-2H3,(H,22,26)(H,23,27)/t12-/m0/s1. The van der Waals surface area contributed by atoms with E-state index in [4.69, 9.17) is 0 Å². The van der Waals surface area contributed by atoms with Crippen molar-refractivity contribution in [1.29, 1.82) is 0 Å². The van der Waals surface area contributed by atoms with Crippen LogP contribution in [0.2, 0.25) is 0 Å². The van der Waals surface area contributed by atoms with Crippen LogP contribution in [0.3, 0.4) is 0 Å². The highest BCUT2D eigenvalue weighted by atomic mass is 32.2. The zero-order chi connectivity index (χ0) is 21.7. The average molecular weight is 429 g/mol. The predicted octanol–water partition coefficient (Wildman–Crippen LogP) is 0.926. The summed E-state index contributed by atoms with van der Waals surface area (Å²) in [7, 11) is -3.94. The van der Waals surface area contributed by atoms with Gasteiger partial charge in [0.1, 0.15) is 12.7 Å². The Balaban J connectivity index is 1.62. The molecule has 2 aromatic heterocycles. The fourth-order valence-corrected chi connectivity index (χ4v) is 3.65. The largest absolute Gasteiger partial charge is 0.326 e. The lowest BCUT2D eigenvalue weighted by molar-refractivity contribution is -0.117. The molecule has 2 heterocycles. The maximum Gasteiger partial charge on any atom is 0.242 e. The van der Waals surface area contributed by atoms with Crippen molar-refractivity contribution in [1.82, 2.24) is 24.5 Å². The third-order valence-electron chi connectivity index (χ3n) is 3.88. The van der Waals surface area contributed by atoms with Gasteiger partial charge in [0, 0.05) is 12.6 Å². The molecule has 0 unspecified atom stereocenters. The van der Waals surface area contributed by atoms with Crippen LogP contribution >= 0.6 is 0 Å². The molecule has 0 aliphatic rings. The number of pyridine rings is 1. The van der Waals surface area contributed by atoms with E-state index in [-0.39, 0.29) is 10.8 Å². The molecule has 1 aromatic carbocycles. The molecule has 0 radical (unpaired) electrons. The van der Waals surface area contributed by atoms with Gasteiger partial charge in [0.25, 0.3) is 0 Å². The van der Waals surface area contributed by atoms with Crippen molar-refractivity contribution in [3.8, 4) is 5.82 Å². The highest BCUT2D eigenvalue weighted by Gasteiger charge is 2.22. The van der Waals surface area contributed by atoms with Crippen molar-refractivity contribution >= 4 is 33.2 Å². The van der Waals surface area contributed by atoms with Crippen LogP contribution in [0.15, 0.2) is 60.1 Å². The summed E-state index contributed by atoms with van der Waals surface area (Å²) in [5, 5.41) is 9.10. The summed E-state index contributed by atoms with van der Waals surface area (Å²) in [4.78, 5) is 31.4. The summed E-state index contributed by atoms with van der Waals surface area (Å²) >= 11 is 0. The van der Waals surface area contributed by atoms with E-state index in [2.05, 4.69) is 30.4 Å². The third-order valence-corrected chi connectivity index (χ3v) is 5.44. The highest BCUT2D eigenvalue weighted by molar-refractivity contribution is 7.89. The van der Waals surface area contributed by atoms with Crippen LogP contribution in [-0.4, -0.2) is 46.0 Å². The van der Waals surface area contributed by atoms with Crippen molar-refractivity contribution in [2.75, 3.05) is 10.6 Å². The van der Waals surface area contributed by atoms with Crippen LogP contribution in [0.5, 0.6) is 0 Å². The third kappa shape index (κ3) is 5.24. The maximum absolute atomic E-state index is 12.5. The highest BCUT2D eigenvalue weighted by Crippen LogP contribution is 2.15. The van der Waals surface area contributed by atoms with Gasteiger partial charge < -0.3 is 10.6 Å². The van der Waals surface area contributed by atoms with Gasteiger partial charge in [-0.2, -0.15) is 9.82 Å². The molecule has 0 fully saturated rings. The molecule has 0 aliphatic heterocycles.